The number of benzene rings is 2. The average molecular weight is 371 g/mol. The van der Waals surface area contributed by atoms with Crippen LogP contribution in [-0.2, 0) is 6.54 Å². The molecule has 18 heavy (non-hydrogen) atoms. The van der Waals surface area contributed by atoms with Crippen molar-refractivity contribution in [1.29, 1.82) is 0 Å². The van der Waals surface area contributed by atoms with Gasteiger partial charge in [0.25, 0.3) is 0 Å². The quantitative estimate of drug-likeness (QED) is 0.831. The van der Waals surface area contributed by atoms with Crippen molar-refractivity contribution in [1.82, 2.24) is 0 Å². The number of anilines is 1. The molecule has 2 aromatic carbocycles. The lowest BCUT2D eigenvalue weighted by atomic mass is 10.2. The number of methoxy groups -OCH3 is 1. The first-order chi connectivity index (χ1) is 8.69. The van der Waals surface area contributed by atoms with Crippen molar-refractivity contribution in [2.45, 2.75) is 6.54 Å². The van der Waals surface area contributed by atoms with E-state index in [4.69, 9.17) is 4.74 Å². The second-order valence-electron chi connectivity index (χ2n) is 3.82. The van der Waals surface area contributed by atoms with E-state index < -0.39 is 0 Å². The van der Waals surface area contributed by atoms with Crippen molar-refractivity contribution in [2.75, 3.05) is 12.4 Å². The third kappa shape index (κ3) is 3.50. The predicted octanol–water partition coefficient (Wildman–Crippen LogP) is 4.83. The highest BCUT2D eigenvalue weighted by atomic mass is 79.9. The first kappa shape index (κ1) is 13.4. The number of halogens is 2. The van der Waals surface area contributed by atoms with Crippen molar-refractivity contribution < 1.29 is 4.74 Å². The molecule has 2 rings (SSSR count). The number of hydrogen-bond donors (Lipinski definition) is 1. The Kier molecular flexibility index (Phi) is 4.66. The molecule has 0 aliphatic heterocycles. The fourth-order valence-corrected chi connectivity index (χ4v) is 2.24. The van der Waals surface area contributed by atoms with Crippen LogP contribution in [0.5, 0.6) is 5.75 Å². The van der Waals surface area contributed by atoms with Gasteiger partial charge in [-0.05, 0) is 35.9 Å². The van der Waals surface area contributed by atoms with Crippen molar-refractivity contribution in [3.05, 3.63) is 57.0 Å². The molecule has 0 aliphatic carbocycles. The summed E-state index contributed by atoms with van der Waals surface area (Å²) >= 11 is 6.89. The molecule has 0 unspecified atom stereocenters. The summed E-state index contributed by atoms with van der Waals surface area (Å²) in [4.78, 5) is 0. The van der Waals surface area contributed by atoms with Gasteiger partial charge in [0.2, 0.25) is 0 Å². The van der Waals surface area contributed by atoms with Gasteiger partial charge >= 0.3 is 0 Å². The molecule has 0 heterocycles. The summed E-state index contributed by atoms with van der Waals surface area (Å²) in [6.45, 7) is 0.764. The van der Waals surface area contributed by atoms with Gasteiger partial charge in [-0.2, -0.15) is 0 Å². The summed E-state index contributed by atoms with van der Waals surface area (Å²) in [6, 6.07) is 14.2. The SMILES string of the molecule is COc1ccc(Br)cc1NCc1ccc(Br)cc1. The maximum atomic E-state index is 5.32. The molecule has 0 radical (unpaired) electrons. The summed E-state index contributed by atoms with van der Waals surface area (Å²) in [5.41, 5.74) is 2.20. The van der Waals surface area contributed by atoms with Gasteiger partial charge < -0.3 is 10.1 Å². The fourth-order valence-electron chi connectivity index (χ4n) is 1.62. The van der Waals surface area contributed by atoms with Crippen LogP contribution in [0.25, 0.3) is 0 Å². The van der Waals surface area contributed by atoms with Crippen molar-refractivity contribution in [3.8, 4) is 5.75 Å². The van der Waals surface area contributed by atoms with Crippen LogP contribution in [0.1, 0.15) is 5.56 Å². The van der Waals surface area contributed by atoms with E-state index in [1.165, 1.54) is 5.56 Å². The highest BCUT2D eigenvalue weighted by Gasteiger charge is 2.03. The van der Waals surface area contributed by atoms with E-state index >= 15 is 0 Å². The Balaban J connectivity index is 2.09. The third-order valence-electron chi connectivity index (χ3n) is 2.56. The Morgan fingerprint density at radius 2 is 1.67 bits per heavy atom. The number of ether oxygens (including phenoxy) is 1. The first-order valence-electron chi connectivity index (χ1n) is 5.51. The molecule has 0 saturated heterocycles. The fraction of sp³-hybridized carbons (Fsp3) is 0.143. The molecule has 0 aromatic heterocycles. The van der Waals surface area contributed by atoms with Gasteiger partial charge in [-0.25, -0.2) is 0 Å². The molecule has 0 spiro atoms. The zero-order valence-electron chi connectivity index (χ0n) is 9.91. The van der Waals surface area contributed by atoms with Crippen LogP contribution in [0.15, 0.2) is 51.4 Å². The second-order valence-corrected chi connectivity index (χ2v) is 5.66. The molecule has 94 valence electrons. The molecule has 1 N–H and O–H groups in total. The Morgan fingerprint density at radius 3 is 2.33 bits per heavy atom. The summed E-state index contributed by atoms with van der Waals surface area (Å²) in [5.74, 6) is 0.843. The summed E-state index contributed by atoms with van der Waals surface area (Å²) in [5, 5.41) is 3.37. The topological polar surface area (TPSA) is 21.3 Å². The molecule has 0 aliphatic rings. The van der Waals surface area contributed by atoms with E-state index in [0.29, 0.717) is 0 Å². The summed E-state index contributed by atoms with van der Waals surface area (Å²) in [7, 11) is 1.67. The van der Waals surface area contributed by atoms with Gasteiger partial charge in [-0.15, -0.1) is 0 Å². The standard InChI is InChI=1S/C14H13Br2NO/c1-18-14-7-6-12(16)8-13(14)17-9-10-2-4-11(15)5-3-10/h2-8,17H,9H2,1H3. The van der Waals surface area contributed by atoms with Gasteiger partial charge in [0.05, 0.1) is 12.8 Å². The minimum Gasteiger partial charge on any atom is -0.495 e. The zero-order chi connectivity index (χ0) is 13.0. The maximum absolute atomic E-state index is 5.32. The van der Waals surface area contributed by atoms with Crippen LogP contribution in [0.3, 0.4) is 0 Å². The minimum atomic E-state index is 0.764. The van der Waals surface area contributed by atoms with Gasteiger partial charge in [0, 0.05) is 15.5 Å². The monoisotopic (exact) mass is 369 g/mol. The summed E-state index contributed by atoms with van der Waals surface area (Å²) in [6.07, 6.45) is 0. The second kappa shape index (κ2) is 6.25. The highest BCUT2D eigenvalue weighted by Crippen LogP contribution is 2.28. The Morgan fingerprint density at radius 1 is 1.00 bits per heavy atom. The van der Waals surface area contributed by atoms with E-state index in [9.17, 15) is 0 Å². The lowest BCUT2D eigenvalue weighted by Crippen LogP contribution is -2.01. The van der Waals surface area contributed by atoms with Gasteiger partial charge in [0.15, 0.2) is 0 Å². The molecule has 0 fully saturated rings. The van der Waals surface area contributed by atoms with Crippen LogP contribution in [-0.4, -0.2) is 7.11 Å². The third-order valence-corrected chi connectivity index (χ3v) is 3.58. The molecule has 0 saturated carbocycles. The van der Waals surface area contributed by atoms with Crippen LogP contribution in [0.4, 0.5) is 5.69 Å². The van der Waals surface area contributed by atoms with Crippen molar-refractivity contribution in [3.63, 3.8) is 0 Å². The molecule has 4 heteroatoms. The molecule has 0 bridgehead atoms. The minimum absolute atomic E-state index is 0.764. The lowest BCUT2D eigenvalue weighted by molar-refractivity contribution is 0.416. The Labute approximate surface area is 124 Å². The van der Waals surface area contributed by atoms with E-state index in [2.05, 4.69) is 49.3 Å². The lowest BCUT2D eigenvalue weighted by Gasteiger charge is -2.11. The van der Waals surface area contributed by atoms with Crippen LogP contribution >= 0.6 is 31.9 Å². The molecular weight excluding hydrogens is 358 g/mol. The molecule has 2 nitrogen and oxygen atoms in total. The normalized spacial score (nSPS) is 10.2. The van der Waals surface area contributed by atoms with Crippen LogP contribution in [0, 0.1) is 0 Å². The molecule has 0 atom stereocenters. The maximum Gasteiger partial charge on any atom is 0.142 e. The van der Waals surface area contributed by atoms with E-state index in [1.54, 1.807) is 7.11 Å². The van der Waals surface area contributed by atoms with Gasteiger partial charge in [0.1, 0.15) is 5.75 Å². The summed E-state index contributed by atoms with van der Waals surface area (Å²) < 4.78 is 7.44. The molecule has 2 aromatic rings. The number of nitrogens with one attached hydrogen (secondary N) is 1. The Hall–Kier alpha value is -1.00. The van der Waals surface area contributed by atoms with Crippen molar-refractivity contribution in [2.24, 2.45) is 0 Å². The predicted molar refractivity (Wildman–Crippen MR) is 82.2 cm³/mol. The average Bonchev–Trinajstić information content (AvgIpc) is 2.38. The first-order valence-corrected chi connectivity index (χ1v) is 7.09. The van der Waals surface area contributed by atoms with Gasteiger partial charge in [-0.1, -0.05) is 44.0 Å². The smallest absolute Gasteiger partial charge is 0.142 e. The molecular formula is C14H13Br2NO. The molecule has 0 amide bonds. The Bertz CT molecular complexity index is 526. The van der Waals surface area contributed by atoms with E-state index in [-0.39, 0.29) is 0 Å². The number of rotatable bonds is 4. The van der Waals surface area contributed by atoms with Crippen molar-refractivity contribution >= 4 is 37.5 Å². The highest BCUT2D eigenvalue weighted by molar-refractivity contribution is 9.10. The zero-order valence-corrected chi connectivity index (χ0v) is 13.1. The van der Waals surface area contributed by atoms with Crippen LogP contribution < -0.4 is 10.1 Å². The largest absolute Gasteiger partial charge is 0.495 e. The van der Waals surface area contributed by atoms with Gasteiger partial charge in [-0.3, -0.25) is 0 Å². The number of hydrogen-bond acceptors (Lipinski definition) is 2. The van der Waals surface area contributed by atoms with E-state index in [1.807, 2.05) is 30.3 Å². The van der Waals surface area contributed by atoms with Crippen LogP contribution in [0.2, 0.25) is 0 Å². The van der Waals surface area contributed by atoms with E-state index in [0.717, 1.165) is 26.9 Å².